The number of aliphatic hydroxyl groups is 1. The summed E-state index contributed by atoms with van der Waals surface area (Å²) in [6.45, 7) is 10.9. The van der Waals surface area contributed by atoms with E-state index >= 15 is 0 Å². The van der Waals surface area contributed by atoms with Gasteiger partial charge < -0.3 is 33.2 Å². The molecule has 1 heterocycles. The molecule has 1 N–H and O–H groups in total. The zero-order valence-electron chi connectivity index (χ0n) is 31.9. The molecule has 0 spiro atoms. The molecule has 0 radical (unpaired) electrons. The highest BCUT2D eigenvalue weighted by Crippen LogP contribution is 2.43. The van der Waals surface area contributed by atoms with Crippen LogP contribution < -0.4 is 10.4 Å². The Labute approximate surface area is 320 Å². The Morgan fingerprint density at radius 3 is 1.96 bits per heavy atom. The Bertz CT molecular complexity index is 1820. The van der Waals surface area contributed by atoms with Gasteiger partial charge in [0.15, 0.2) is 5.79 Å². The average Bonchev–Trinajstić information content (AvgIpc) is 3.54. The van der Waals surface area contributed by atoms with Crippen LogP contribution in [0.1, 0.15) is 50.5 Å². The lowest BCUT2D eigenvalue weighted by molar-refractivity contribution is -0.149. The third kappa shape index (κ3) is 9.01. The van der Waals surface area contributed by atoms with Crippen molar-refractivity contribution in [3.05, 3.63) is 156 Å². The molecule has 6 rings (SSSR count). The van der Waals surface area contributed by atoms with Gasteiger partial charge in [0, 0.05) is 0 Å². The van der Waals surface area contributed by atoms with Gasteiger partial charge in [-0.25, -0.2) is 4.79 Å². The minimum absolute atomic E-state index is 0.0175. The predicted octanol–water partition coefficient (Wildman–Crippen LogP) is 6.97. The lowest BCUT2D eigenvalue weighted by Gasteiger charge is -2.45. The van der Waals surface area contributed by atoms with E-state index in [2.05, 4.69) is 69.3 Å². The molecule has 9 heteroatoms. The minimum atomic E-state index is -3.02. The highest BCUT2D eigenvalue weighted by atomic mass is 28.4. The fraction of sp³-hybridized carbons (Fsp3) is 0.356. The van der Waals surface area contributed by atoms with Crippen molar-refractivity contribution in [3.8, 4) is 0 Å². The van der Waals surface area contributed by atoms with Crippen molar-refractivity contribution in [1.29, 1.82) is 0 Å². The molecule has 4 aromatic carbocycles. The second-order valence-corrected chi connectivity index (χ2v) is 19.5. The maximum atomic E-state index is 14.0. The van der Waals surface area contributed by atoms with Crippen LogP contribution in [0.2, 0.25) is 5.04 Å². The van der Waals surface area contributed by atoms with Gasteiger partial charge in [-0.3, -0.25) is 0 Å². The van der Waals surface area contributed by atoms with Crippen LogP contribution in [0.5, 0.6) is 0 Å². The van der Waals surface area contributed by atoms with Crippen molar-refractivity contribution < 1.29 is 38.0 Å². The maximum Gasteiger partial charge on any atom is 0.338 e. The fourth-order valence-corrected chi connectivity index (χ4v) is 12.2. The second kappa shape index (κ2) is 17.5. The molecule has 1 aliphatic heterocycles. The maximum absolute atomic E-state index is 14.0. The van der Waals surface area contributed by atoms with Crippen LogP contribution in [0.15, 0.2) is 145 Å². The summed E-state index contributed by atoms with van der Waals surface area (Å²) in [6.07, 6.45) is 1.68. The van der Waals surface area contributed by atoms with Crippen molar-refractivity contribution in [3.63, 3.8) is 0 Å². The molecule has 4 atom stereocenters. The smallest absolute Gasteiger partial charge is 0.338 e. The quantitative estimate of drug-likeness (QED) is 0.0486. The molecule has 2 aliphatic rings. The van der Waals surface area contributed by atoms with Gasteiger partial charge in [0.1, 0.15) is 19.0 Å². The first kappa shape index (κ1) is 39.5. The van der Waals surface area contributed by atoms with E-state index in [0.29, 0.717) is 17.7 Å². The number of rotatable bonds is 14. The van der Waals surface area contributed by atoms with Crippen molar-refractivity contribution in [2.75, 3.05) is 26.6 Å². The van der Waals surface area contributed by atoms with E-state index in [4.69, 9.17) is 28.1 Å². The van der Waals surface area contributed by atoms with Gasteiger partial charge in [-0.15, -0.1) is 0 Å². The minimum Gasteiger partial charge on any atom is -0.453 e. The normalized spacial score (nSPS) is 22.2. The SMILES string of the molecule is CC1(C)OC[C@H]([C@@H]2/C(=C\CO)[C@H](OCOCc3ccccc3)C=C(CO[Si](c3ccccc3)(c3ccccc3)C(C)(C)C)[C@H]2OC(=O)c2ccccc2)O1. The van der Waals surface area contributed by atoms with Gasteiger partial charge in [-0.1, -0.05) is 136 Å². The van der Waals surface area contributed by atoms with Gasteiger partial charge in [-0.2, -0.15) is 0 Å². The predicted molar refractivity (Wildman–Crippen MR) is 212 cm³/mol. The summed E-state index contributed by atoms with van der Waals surface area (Å²) in [5.41, 5.74) is 2.89. The highest BCUT2D eigenvalue weighted by molar-refractivity contribution is 6.99. The Hall–Kier alpha value is -4.19. The number of carbonyl (C=O) groups is 1. The number of benzene rings is 4. The van der Waals surface area contributed by atoms with Crippen LogP contribution in [0.4, 0.5) is 0 Å². The number of esters is 1. The highest BCUT2D eigenvalue weighted by Gasteiger charge is 2.52. The van der Waals surface area contributed by atoms with Crippen molar-refractivity contribution in [1.82, 2.24) is 0 Å². The number of ether oxygens (including phenoxy) is 5. The monoisotopic (exact) mass is 748 g/mol. The molecule has 0 saturated carbocycles. The molecular formula is C45H52O8Si. The van der Waals surface area contributed by atoms with Crippen LogP contribution in [-0.4, -0.2) is 70.1 Å². The Morgan fingerprint density at radius 1 is 0.852 bits per heavy atom. The molecule has 284 valence electrons. The zero-order chi connectivity index (χ0) is 38.2. The number of hydrogen-bond acceptors (Lipinski definition) is 8. The lowest BCUT2D eigenvalue weighted by Crippen LogP contribution is -2.67. The summed E-state index contributed by atoms with van der Waals surface area (Å²) in [5, 5.41) is 12.4. The molecule has 1 aliphatic carbocycles. The van der Waals surface area contributed by atoms with Crippen LogP contribution in [0.3, 0.4) is 0 Å². The molecule has 8 nitrogen and oxygen atoms in total. The number of aliphatic hydroxyl groups excluding tert-OH is 1. The molecule has 0 amide bonds. The van der Waals surface area contributed by atoms with Crippen LogP contribution in [0.25, 0.3) is 0 Å². The van der Waals surface area contributed by atoms with Crippen LogP contribution in [-0.2, 0) is 34.7 Å². The molecule has 1 fully saturated rings. The van der Waals surface area contributed by atoms with Crippen molar-refractivity contribution in [2.45, 2.75) is 70.4 Å². The Balaban J connectivity index is 1.44. The largest absolute Gasteiger partial charge is 0.453 e. The summed E-state index contributed by atoms with van der Waals surface area (Å²) < 4.78 is 39.1. The molecule has 4 aromatic rings. The molecule has 0 bridgehead atoms. The third-order valence-corrected chi connectivity index (χ3v) is 15.1. The van der Waals surface area contributed by atoms with E-state index in [9.17, 15) is 9.90 Å². The van der Waals surface area contributed by atoms with Gasteiger partial charge in [0.05, 0.1) is 44.0 Å². The zero-order valence-corrected chi connectivity index (χ0v) is 32.9. The van der Waals surface area contributed by atoms with Crippen LogP contribution in [0, 0.1) is 5.92 Å². The summed E-state index contributed by atoms with van der Waals surface area (Å²) in [7, 11) is -3.02. The van der Waals surface area contributed by atoms with Gasteiger partial charge in [-0.05, 0) is 64.2 Å². The van der Waals surface area contributed by atoms with E-state index in [1.165, 1.54) is 0 Å². The lowest BCUT2D eigenvalue weighted by atomic mass is 9.76. The number of hydrogen-bond donors (Lipinski definition) is 1. The first-order valence-electron chi connectivity index (χ1n) is 18.6. The fourth-order valence-electron chi connectivity index (χ4n) is 7.63. The van der Waals surface area contributed by atoms with Gasteiger partial charge in [0.2, 0.25) is 0 Å². The molecule has 1 saturated heterocycles. The van der Waals surface area contributed by atoms with E-state index in [1.54, 1.807) is 18.2 Å². The van der Waals surface area contributed by atoms with Gasteiger partial charge >= 0.3 is 5.97 Å². The van der Waals surface area contributed by atoms with E-state index in [0.717, 1.165) is 21.5 Å². The summed E-state index contributed by atoms with van der Waals surface area (Å²) in [6, 6.07) is 39.7. The van der Waals surface area contributed by atoms with E-state index in [-0.39, 0.29) is 31.7 Å². The molecular weight excluding hydrogens is 697 g/mol. The Morgan fingerprint density at radius 2 is 1.43 bits per heavy atom. The summed E-state index contributed by atoms with van der Waals surface area (Å²) >= 11 is 0. The van der Waals surface area contributed by atoms with E-state index < -0.39 is 44.3 Å². The van der Waals surface area contributed by atoms with E-state index in [1.807, 2.05) is 80.6 Å². The van der Waals surface area contributed by atoms with Crippen molar-refractivity contribution >= 4 is 24.7 Å². The second-order valence-electron chi connectivity index (χ2n) is 15.2. The standard InChI is InChI=1S/C45H52O8Si/c1-44(2,3)54(36-22-14-8-15-23-36,37-24-16-9-17-25-37)51-30-35-28-39(49-32-48-29-33-18-10-6-11-19-33)38(26-27-46)41(40-31-50-45(4,5)53-40)42(35)52-43(47)34-20-12-7-13-21-34/h6-26,28,39-42,46H,27,29-32H2,1-5H3/b38-26-/t39-,40-,41+,42-/m1/s1. The average molecular weight is 749 g/mol. The van der Waals surface area contributed by atoms with Crippen LogP contribution >= 0.6 is 0 Å². The molecule has 0 aromatic heterocycles. The molecule has 0 unspecified atom stereocenters. The number of carbonyl (C=O) groups excluding carboxylic acids is 1. The third-order valence-electron chi connectivity index (χ3n) is 10.1. The first-order chi connectivity index (χ1) is 26.0. The molecule has 54 heavy (non-hydrogen) atoms. The summed E-state index contributed by atoms with van der Waals surface area (Å²) in [4.78, 5) is 14.0. The van der Waals surface area contributed by atoms with Crippen molar-refractivity contribution in [2.24, 2.45) is 5.92 Å². The topological polar surface area (TPSA) is 92.7 Å². The summed E-state index contributed by atoms with van der Waals surface area (Å²) in [5.74, 6) is -1.92. The Kier molecular flexibility index (Phi) is 12.8. The first-order valence-corrected chi connectivity index (χ1v) is 20.5. The van der Waals surface area contributed by atoms with Gasteiger partial charge in [0.25, 0.3) is 8.32 Å².